The van der Waals surface area contributed by atoms with Gasteiger partial charge in [0, 0.05) is 11.7 Å². The van der Waals surface area contributed by atoms with Crippen LogP contribution in [0.3, 0.4) is 0 Å². The highest BCUT2D eigenvalue weighted by Crippen LogP contribution is 2.32. The predicted molar refractivity (Wildman–Crippen MR) is 87.8 cm³/mol. The lowest BCUT2D eigenvalue weighted by molar-refractivity contribution is 0.0998. The first-order chi connectivity index (χ1) is 13.5. The minimum atomic E-state index is -5.22. The monoisotopic (exact) mass is 437 g/mol. The third-order valence-electron chi connectivity index (χ3n) is 4.45. The fraction of sp³-hybridized carbons (Fsp3) is 0.250. The highest BCUT2D eigenvalue weighted by molar-refractivity contribution is 7.89. The van der Waals surface area contributed by atoms with Gasteiger partial charge in [-0.15, -0.1) is 0 Å². The van der Waals surface area contributed by atoms with E-state index >= 15 is 0 Å². The van der Waals surface area contributed by atoms with Crippen LogP contribution in [0, 0.1) is 29.1 Å². The summed E-state index contributed by atoms with van der Waals surface area (Å²) in [5.41, 5.74) is 4.14. The average Bonchev–Trinajstić information content (AvgIpc) is 2.63. The van der Waals surface area contributed by atoms with Crippen LogP contribution in [0.4, 0.5) is 22.0 Å². The number of nitrogens with two attached hydrogens (primary N) is 1. The summed E-state index contributed by atoms with van der Waals surface area (Å²) >= 11 is 0. The van der Waals surface area contributed by atoms with Crippen molar-refractivity contribution in [3.63, 3.8) is 0 Å². The zero-order valence-electron chi connectivity index (χ0n) is 14.3. The molecule has 0 spiro atoms. The van der Waals surface area contributed by atoms with Crippen LogP contribution in [0.2, 0.25) is 0 Å². The normalized spacial score (nSPS) is 16.5. The van der Waals surface area contributed by atoms with Crippen molar-refractivity contribution in [2.45, 2.75) is 30.2 Å². The Morgan fingerprint density at radius 3 is 2.17 bits per heavy atom. The van der Waals surface area contributed by atoms with Gasteiger partial charge in [0.1, 0.15) is 5.56 Å². The molecule has 1 aliphatic rings. The Labute approximate surface area is 159 Å². The molecule has 0 fully saturated rings. The maximum Gasteiger partial charge on any atom is 0.261 e. The van der Waals surface area contributed by atoms with Crippen LogP contribution in [-0.2, 0) is 16.4 Å². The zero-order valence-corrected chi connectivity index (χ0v) is 15.1. The van der Waals surface area contributed by atoms with Crippen molar-refractivity contribution in [2.24, 2.45) is 5.73 Å². The average molecular weight is 437 g/mol. The van der Waals surface area contributed by atoms with E-state index in [4.69, 9.17) is 5.73 Å². The van der Waals surface area contributed by atoms with Gasteiger partial charge in [-0.2, -0.15) is 0 Å². The number of benzene rings is 1. The van der Waals surface area contributed by atoms with Gasteiger partial charge >= 0.3 is 0 Å². The number of aryl methyl sites for hydroxylation is 1. The van der Waals surface area contributed by atoms with Gasteiger partial charge < -0.3 is 10.7 Å². The minimum Gasteiger partial charge on any atom is -0.365 e. The molecule has 1 aromatic carbocycles. The Morgan fingerprint density at radius 2 is 1.62 bits per heavy atom. The van der Waals surface area contributed by atoms with E-state index in [1.54, 1.807) is 0 Å². The van der Waals surface area contributed by atoms with Crippen molar-refractivity contribution >= 4 is 15.9 Å². The Bertz CT molecular complexity index is 1170. The van der Waals surface area contributed by atoms with E-state index in [-0.39, 0.29) is 17.7 Å². The SMILES string of the molecule is NC(=O)c1cc2c([nH]c1=O)CCCC2NS(=O)(=O)c1c(F)c(F)c(F)c(F)c1F. The van der Waals surface area contributed by atoms with E-state index in [0.29, 0.717) is 12.8 Å². The van der Waals surface area contributed by atoms with Crippen LogP contribution in [0.1, 0.15) is 40.5 Å². The van der Waals surface area contributed by atoms with Crippen molar-refractivity contribution in [3.8, 4) is 0 Å². The van der Waals surface area contributed by atoms with Crippen LogP contribution in [-0.4, -0.2) is 19.3 Å². The number of fused-ring (bicyclic) bond motifs is 1. The summed E-state index contributed by atoms with van der Waals surface area (Å²) in [6.07, 6.45) is 0.680. The van der Waals surface area contributed by atoms with Crippen LogP contribution >= 0.6 is 0 Å². The van der Waals surface area contributed by atoms with Gasteiger partial charge in [0.2, 0.25) is 15.8 Å². The van der Waals surface area contributed by atoms with Crippen molar-refractivity contribution in [1.82, 2.24) is 9.71 Å². The molecule has 0 bridgehead atoms. The number of halogens is 5. The Kier molecular flexibility index (Phi) is 5.21. The van der Waals surface area contributed by atoms with E-state index in [2.05, 4.69) is 4.98 Å². The second kappa shape index (κ2) is 7.22. The first kappa shape index (κ1) is 20.9. The molecule has 2 aromatic rings. The highest BCUT2D eigenvalue weighted by atomic mass is 32.2. The number of H-pyrrole nitrogens is 1. The molecule has 1 heterocycles. The van der Waals surface area contributed by atoms with Gasteiger partial charge in [-0.1, -0.05) is 0 Å². The number of hydrogen-bond donors (Lipinski definition) is 3. The molecule has 1 atom stereocenters. The van der Waals surface area contributed by atoms with Crippen molar-refractivity contribution in [2.75, 3.05) is 0 Å². The standard InChI is InChI=1S/C16H12F5N3O4S/c17-9-10(18)12(20)14(13(21)11(9)19)29(27,28)24-8-3-1-2-7-5(8)4-6(15(22)25)16(26)23-7/h4,8,24H,1-3H2,(H2,22,25)(H,23,26). The van der Waals surface area contributed by atoms with E-state index in [0.717, 1.165) is 6.07 Å². The molecule has 3 rings (SSSR count). The van der Waals surface area contributed by atoms with Crippen LogP contribution in [0.5, 0.6) is 0 Å². The summed E-state index contributed by atoms with van der Waals surface area (Å²) in [5.74, 6) is -13.4. The molecular weight excluding hydrogens is 425 g/mol. The van der Waals surface area contributed by atoms with Crippen LogP contribution < -0.4 is 16.0 Å². The fourth-order valence-electron chi connectivity index (χ4n) is 3.11. The molecule has 0 saturated carbocycles. The summed E-state index contributed by atoms with van der Waals surface area (Å²) in [7, 11) is -5.22. The number of amides is 1. The van der Waals surface area contributed by atoms with Gasteiger partial charge in [0.15, 0.2) is 28.2 Å². The van der Waals surface area contributed by atoms with Crippen molar-refractivity contribution < 1.29 is 35.2 Å². The molecule has 1 amide bonds. The van der Waals surface area contributed by atoms with Gasteiger partial charge in [-0.3, -0.25) is 9.59 Å². The van der Waals surface area contributed by atoms with Gasteiger partial charge in [-0.05, 0) is 30.9 Å². The molecule has 29 heavy (non-hydrogen) atoms. The van der Waals surface area contributed by atoms with E-state index < -0.39 is 67.1 Å². The van der Waals surface area contributed by atoms with Crippen LogP contribution in [0.15, 0.2) is 15.8 Å². The van der Waals surface area contributed by atoms with Gasteiger partial charge in [0.25, 0.3) is 11.5 Å². The van der Waals surface area contributed by atoms with E-state index in [9.17, 15) is 40.0 Å². The summed E-state index contributed by atoms with van der Waals surface area (Å²) in [4.78, 5) is 23.5. The lowest BCUT2D eigenvalue weighted by atomic mass is 9.91. The third kappa shape index (κ3) is 3.51. The van der Waals surface area contributed by atoms with E-state index in [1.807, 2.05) is 4.72 Å². The Balaban J connectivity index is 2.10. The number of carbonyl (C=O) groups is 1. The predicted octanol–water partition coefficient (Wildman–Crippen LogP) is 1.53. The number of pyridine rings is 1. The summed E-state index contributed by atoms with van der Waals surface area (Å²) < 4.78 is 94.6. The lowest BCUT2D eigenvalue weighted by Gasteiger charge is -2.26. The topological polar surface area (TPSA) is 122 Å². The number of sulfonamides is 1. The maximum atomic E-state index is 13.9. The highest BCUT2D eigenvalue weighted by Gasteiger charge is 2.36. The first-order valence-corrected chi connectivity index (χ1v) is 9.53. The number of rotatable bonds is 4. The molecule has 156 valence electrons. The van der Waals surface area contributed by atoms with E-state index in [1.165, 1.54) is 0 Å². The number of hydrogen-bond acceptors (Lipinski definition) is 4. The maximum absolute atomic E-state index is 13.9. The summed E-state index contributed by atoms with van der Waals surface area (Å²) in [5, 5.41) is 0. The van der Waals surface area contributed by atoms with Crippen molar-refractivity contribution in [3.05, 3.63) is 62.3 Å². The number of primary amides is 1. The zero-order chi connectivity index (χ0) is 21.7. The number of carbonyl (C=O) groups excluding carboxylic acids is 1. The fourth-order valence-corrected chi connectivity index (χ4v) is 4.50. The largest absolute Gasteiger partial charge is 0.365 e. The second-order valence-corrected chi connectivity index (χ2v) is 7.93. The number of aromatic nitrogens is 1. The Morgan fingerprint density at radius 1 is 1.07 bits per heavy atom. The molecule has 0 aliphatic heterocycles. The van der Waals surface area contributed by atoms with Crippen molar-refractivity contribution in [1.29, 1.82) is 0 Å². The minimum absolute atomic E-state index is 0.0614. The molecule has 7 nitrogen and oxygen atoms in total. The molecule has 1 aromatic heterocycles. The smallest absolute Gasteiger partial charge is 0.261 e. The van der Waals surface area contributed by atoms with Gasteiger partial charge in [-0.25, -0.2) is 35.1 Å². The van der Waals surface area contributed by atoms with Crippen LogP contribution in [0.25, 0.3) is 0 Å². The molecule has 13 heteroatoms. The Hall–Kier alpha value is -2.80. The summed E-state index contributed by atoms with van der Waals surface area (Å²) in [6, 6.07) is -0.185. The number of nitrogens with one attached hydrogen (secondary N) is 2. The number of aromatic amines is 1. The molecule has 1 aliphatic carbocycles. The molecule has 0 radical (unpaired) electrons. The molecule has 0 saturated heterocycles. The molecular formula is C16H12F5N3O4S. The lowest BCUT2D eigenvalue weighted by Crippen LogP contribution is -2.35. The van der Waals surface area contributed by atoms with Gasteiger partial charge in [0.05, 0.1) is 0 Å². The first-order valence-electron chi connectivity index (χ1n) is 8.05. The third-order valence-corrected chi connectivity index (χ3v) is 5.94. The quantitative estimate of drug-likeness (QED) is 0.381. The molecule has 4 N–H and O–H groups in total. The second-order valence-electron chi connectivity index (χ2n) is 6.28. The molecule has 1 unspecified atom stereocenters. The summed E-state index contributed by atoms with van der Waals surface area (Å²) in [6.45, 7) is 0.